The van der Waals surface area contributed by atoms with Gasteiger partial charge in [0.25, 0.3) is 0 Å². The van der Waals surface area contributed by atoms with E-state index in [2.05, 4.69) is 43.1 Å². The van der Waals surface area contributed by atoms with E-state index in [9.17, 15) is 4.79 Å². The molecule has 2 nitrogen and oxygen atoms in total. The first-order valence-corrected chi connectivity index (χ1v) is 7.39. The molecule has 1 aromatic carbocycles. The summed E-state index contributed by atoms with van der Waals surface area (Å²) in [7, 11) is 2.20. The van der Waals surface area contributed by atoms with E-state index in [0.29, 0.717) is 5.78 Å². The van der Waals surface area contributed by atoms with Gasteiger partial charge < -0.3 is 4.90 Å². The fraction of sp³-hybridized carbons (Fsp3) is 0.588. The van der Waals surface area contributed by atoms with Crippen molar-refractivity contribution in [1.29, 1.82) is 0 Å². The van der Waals surface area contributed by atoms with Crippen molar-refractivity contribution < 1.29 is 4.79 Å². The Morgan fingerprint density at radius 2 is 1.79 bits per heavy atom. The molecule has 0 unspecified atom stereocenters. The van der Waals surface area contributed by atoms with Crippen LogP contribution in [0.2, 0.25) is 0 Å². The van der Waals surface area contributed by atoms with Crippen molar-refractivity contribution >= 4 is 5.78 Å². The summed E-state index contributed by atoms with van der Waals surface area (Å²) in [6.07, 6.45) is 4.90. The van der Waals surface area contributed by atoms with Gasteiger partial charge in [-0.25, -0.2) is 0 Å². The Bertz CT molecular complexity index is 400. The normalized spacial score (nSPS) is 17.1. The van der Waals surface area contributed by atoms with Crippen LogP contribution in [-0.4, -0.2) is 30.8 Å². The van der Waals surface area contributed by atoms with Crippen molar-refractivity contribution in [3.8, 4) is 0 Å². The molecule has 0 amide bonds. The lowest BCUT2D eigenvalue weighted by atomic mass is 9.88. The number of Topliss-reactive ketones (excluding diaryl/α,β-unsaturated/α-hetero) is 1. The van der Waals surface area contributed by atoms with Gasteiger partial charge in [-0.3, -0.25) is 4.79 Å². The van der Waals surface area contributed by atoms with E-state index in [1.165, 1.54) is 11.1 Å². The van der Waals surface area contributed by atoms with E-state index in [-0.39, 0.29) is 0 Å². The van der Waals surface area contributed by atoms with E-state index in [0.717, 1.165) is 51.1 Å². The zero-order valence-corrected chi connectivity index (χ0v) is 12.2. The highest BCUT2D eigenvalue weighted by Crippen LogP contribution is 2.22. The molecular formula is C17H25NO. The van der Waals surface area contributed by atoms with Crippen molar-refractivity contribution in [3.05, 3.63) is 35.4 Å². The molecular weight excluding hydrogens is 234 g/mol. The standard InChI is InChI=1S/C17H25NO/c1-14-3-5-15(6-4-14)11-12-18(2)13-16-7-9-17(19)10-8-16/h3-6,16H,7-13H2,1-2H3. The Labute approximate surface area is 116 Å². The van der Waals surface area contributed by atoms with E-state index in [1.54, 1.807) is 0 Å². The molecule has 19 heavy (non-hydrogen) atoms. The molecule has 1 saturated carbocycles. The number of likely N-dealkylation sites (N-methyl/N-ethyl adjacent to an activating group) is 1. The van der Waals surface area contributed by atoms with Crippen molar-refractivity contribution in [2.75, 3.05) is 20.1 Å². The molecule has 0 heterocycles. The second-order valence-electron chi connectivity index (χ2n) is 5.98. The quantitative estimate of drug-likeness (QED) is 0.809. The summed E-state index contributed by atoms with van der Waals surface area (Å²) in [5, 5.41) is 0. The molecule has 1 aromatic rings. The SMILES string of the molecule is Cc1ccc(CCN(C)CC2CCC(=O)CC2)cc1. The summed E-state index contributed by atoms with van der Waals surface area (Å²) in [6.45, 7) is 4.37. The van der Waals surface area contributed by atoms with Gasteiger partial charge >= 0.3 is 0 Å². The van der Waals surface area contributed by atoms with Crippen molar-refractivity contribution in [1.82, 2.24) is 4.90 Å². The zero-order valence-electron chi connectivity index (χ0n) is 12.2. The van der Waals surface area contributed by atoms with Crippen LogP contribution in [0.15, 0.2) is 24.3 Å². The van der Waals surface area contributed by atoms with E-state index in [4.69, 9.17) is 0 Å². The van der Waals surface area contributed by atoms with Crippen LogP contribution in [0.3, 0.4) is 0 Å². The number of rotatable bonds is 5. The summed E-state index contributed by atoms with van der Waals surface area (Å²) >= 11 is 0. The summed E-state index contributed by atoms with van der Waals surface area (Å²) in [5.41, 5.74) is 2.74. The van der Waals surface area contributed by atoms with Gasteiger partial charge in [-0.15, -0.1) is 0 Å². The van der Waals surface area contributed by atoms with Gasteiger partial charge in [-0.1, -0.05) is 29.8 Å². The first-order chi connectivity index (χ1) is 9.13. The molecule has 2 rings (SSSR count). The van der Waals surface area contributed by atoms with Crippen LogP contribution in [-0.2, 0) is 11.2 Å². The lowest BCUT2D eigenvalue weighted by molar-refractivity contribution is -0.121. The van der Waals surface area contributed by atoms with Gasteiger partial charge in [0.05, 0.1) is 0 Å². The molecule has 2 heteroatoms. The van der Waals surface area contributed by atoms with Crippen molar-refractivity contribution in [3.63, 3.8) is 0 Å². The lowest BCUT2D eigenvalue weighted by Crippen LogP contribution is -2.30. The highest BCUT2D eigenvalue weighted by atomic mass is 16.1. The molecule has 1 aliphatic carbocycles. The van der Waals surface area contributed by atoms with E-state index in [1.807, 2.05) is 0 Å². The molecule has 0 aliphatic heterocycles. The summed E-state index contributed by atoms with van der Waals surface area (Å²) in [5.74, 6) is 1.18. The fourth-order valence-corrected chi connectivity index (χ4v) is 2.79. The second kappa shape index (κ2) is 6.85. The second-order valence-corrected chi connectivity index (χ2v) is 5.98. The molecule has 104 valence electrons. The third-order valence-corrected chi connectivity index (χ3v) is 4.14. The average Bonchev–Trinajstić information content (AvgIpc) is 2.41. The molecule has 1 aliphatic rings. The minimum atomic E-state index is 0.457. The largest absolute Gasteiger partial charge is 0.306 e. The van der Waals surface area contributed by atoms with Gasteiger partial charge in [0.15, 0.2) is 0 Å². The number of ketones is 1. The highest BCUT2D eigenvalue weighted by molar-refractivity contribution is 5.79. The van der Waals surface area contributed by atoms with Crippen LogP contribution in [0, 0.1) is 12.8 Å². The molecule has 1 fully saturated rings. The Morgan fingerprint density at radius 3 is 2.42 bits per heavy atom. The molecule has 0 atom stereocenters. The molecule has 0 spiro atoms. The topological polar surface area (TPSA) is 20.3 Å². The highest BCUT2D eigenvalue weighted by Gasteiger charge is 2.19. The summed E-state index contributed by atoms with van der Waals surface area (Å²) < 4.78 is 0. The van der Waals surface area contributed by atoms with Crippen LogP contribution >= 0.6 is 0 Å². The molecule has 0 radical (unpaired) electrons. The van der Waals surface area contributed by atoms with Crippen LogP contribution in [0.25, 0.3) is 0 Å². The summed E-state index contributed by atoms with van der Waals surface area (Å²) in [6, 6.07) is 8.81. The number of nitrogens with zero attached hydrogens (tertiary/aromatic N) is 1. The maximum absolute atomic E-state index is 11.2. The number of carbonyl (C=O) groups is 1. The van der Waals surface area contributed by atoms with E-state index >= 15 is 0 Å². The number of hydrogen-bond acceptors (Lipinski definition) is 2. The van der Waals surface area contributed by atoms with Crippen LogP contribution in [0.5, 0.6) is 0 Å². The molecule has 0 bridgehead atoms. The molecule has 0 saturated heterocycles. The first-order valence-electron chi connectivity index (χ1n) is 7.39. The van der Waals surface area contributed by atoms with Crippen molar-refractivity contribution in [2.24, 2.45) is 5.92 Å². The van der Waals surface area contributed by atoms with Gasteiger partial charge in [0, 0.05) is 25.9 Å². The first kappa shape index (κ1) is 14.3. The zero-order chi connectivity index (χ0) is 13.7. The Kier molecular flexibility index (Phi) is 5.15. The van der Waals surface area contributed by atoms with Crippen LogP contribution in [0.1, 0.15) is 36.8 Å². The Hall–Kier alpha value is -1.15. The Morgan fingerprint density at radius 1 is 1.16 bits per heavy atom. The van der Waals surface area contributed by atoms with Crippen LogP contribution in [0.4, 0.5) is 0 Å². The maximum atomic E-state index is 11.2. The smallest absolute Gasteiger partial charge is 0.132 e. The number of hydrogen-bond donors (Lipinski definition) is 0. The third-order valence-electron chi connectivity index (χ3n) is 4.14. The number of benzene rings is 1. The van der Waals surface area contributed by atoms with E-state index < -0.39 is 0 Å². The van der Waals surface area contributed by atoms with Gasteiger partial charge in [0.1, 0.15) is 5.78 Å². The Balaban J connectivity index is 1.71. The van der Waals surface area contributed by atoms with Gasteiger partial charge in [0.2, 0.25) is 0 Å². The van der Waals surface area contributed by atoms with Gasteiger partial charge in [-0.2, -0.15) is 0 Å². The fourth-order valence-electron chi connectivity index (χ4n) is 2.79. The predicted octanol–water partition coefficient (Wildman–Crippen LogP) is 3.23. The minimum absolute atomic E-state index is 0.457. The average molecular weight is 259 g/mol. The number of aryl methyl sites for hydroxylation is 1. The predicted molar refractivity (Wildman–Crippen MR) is 79.3 cm³/mol. The minimum Gasteiger partial charge on any atom is -0.306 e. The third kappa shape index (κ3) is 4.79. The van der Waals surface area contributed by atoms with Crippen LogP contribution < -0.4 is 0 Å². The maximum Gasteiger partial charge on any atom is 0.132 e. The van der Waals surface area contributed by atoms with Crippen molar-refractivity contribution in [2.45, 2.75) is 39.0 Å². The monoisotopic (exact) mass is 259 g/mol. The number of carbonyl (C=O) groups excluding carboxylic acids is 1. The van der Waals surface area contributed by atoms with Gasteiger partial charge in [-0.05, 0) is 44.7 Å². The lowest BCUT2D eigenvalue weighted by Gasteiger charge is -2.26. The summed E-state index contributed by atoms with van der Waals surface area (Å²) in [4.78, 5) is 13.6. The molecule has 0 N–H and O–H groups in total. The molecule has 0 aromatic heterocycles.